The number of nitrogens with one attached hydrogen (secondary N) is 1. The molecule has 2 rings (SSSR count). The molecular weight excluding hydrogens is 266 g/mol. The molecule has 0 saturated heterocycles. The molecule has 0 aliphatic carbocycles. The van der Waals surface area contributed by atoms with Crippen molar-refractivity contribution >= 4 is 5.91 Å². The summed E-state index contributed by atoms with van der Waals surface area (Å²) in [6.45, 7) is 2.42. The van der Waals surface area contributed by atoms with E-state index >= 15 is 0 Å². The molecule has 4 heteroatoms. The fourth-order valence-corrected chi connectivity index (χ4v) is 2.09. The van der Waals surface area contributed by atoms with Crippen LogP contribution in [0.25, 0.3) is 0 Å². The van der Waals surface area contributed by atoms with Crippen LogP contribution in [0.15, 0.2) is 42.5 Å². The minimum absolute atomic E-state index is 0.141. The number of amides is 1. The van der Waals surface area contributed by atoms with E-state index in [1.807, 2.05) is 25.1 Å². The Bertz CT molecular complexity index is 638. The molecule has 2 aromatic carbocycles. The molecule has 0 aromatic heterocycles. The maximum Gasteiger partial charge on any atom is 0.251 e. The van der Waals surface area contributed by atoms with Gasteiger partial charge in [-0.05, 0) is 31.2 Å². The largest absolute Gasteiger partial charge is 0.497 e. The molecule has 0 fully saturated rings. The monoisotopic (exact) mass is 285 g/mol. The summed E-state index contributed by atoms with van der Waals surface area (Å²) in [6.07, 6.45) is 0. The zero-order valence-corrected chi connectivity index (χ0v) is 12.5. The average molecular weight is 285 g/mol. The van der Waals surface area contributed by atoms with Crippen LogP contribution in [-0.4, -0.2) is 20.1 Å². The Kier molecular flexibility index (Phi) is 4.82. The first-order valence-corrected chi connectivity index (χ1v) is 6.70. The maximum atomic E-state index is 12.2. The zero-order valence-electron chi connectivity index (χ0n) is 12.5. The highest BCUT2D eigenvalue weighted by Crippen LogP contribution is 2.19. The Balaban J connectivity index is 2.08. The Labute approximate surface area is 124 Å². The molecule has 1 N–H and O–H groups in total. The second-order valence-electron chi connectivity index (χ2n) is 4.73. The number of carbonyl (C=O) groups excluding carboxylic acids is 1. The van der Waals surface area contributed by atoms with E-state index in [2.05, 4.69) is 5.32 Å². The molecule has 0 atom stereocenters. The van der Waals surface area contributed by atoms with Crippen LogP contribution >= 0.6 is 0 Å². The molecule has 0 bridgehead atoms. The van der Waals surface area contributed by atoms with E-state index in [0.717, 1.165) is 16.9 Å². The third-order valence-electron chi connectivity index (χ3n) is 3.21. The van der Waals surface area contributed by atoms with Gasteiger partial charge in [-0.3, -0.25) is 4.79 Å². The van der Waals surface area contributed by atoms with Crippen LogP contribution in [0.3, 0.4) is 0 Å². The first-order chi connectivity index (χ1) is 10.1. The highest BCUT2D eigenvalue weighted by Gasteiger charge is 2.08. The van der Waals surface area contributed by atoms with Gasteiger partial charge in [-0.2, -0.15) is 0 Å². The van der Waals surface area contributed by atoms with Gasteiger partial charge in [0.2, 0.25) is 0 Å². The fourth-order valence-electron chi connectivity index (χ4n) is 2.09. The van der Waals surface area contributed by atoms with E-state index < -0.39 is 0 Å². The van der Waals surface area contributed by atoms with Gasteiger partial charge in [-0.15, -0.1) is 0 Å². The lowest BCUT2D eigenvalue weighted by molar-refractivity contribution is 0.0950. The van der Waals surface area contributed by atoms with Crippen molar-refractivity contribution in [3.8, 4) is 11.5 Å². The van der Waals surface area contributed by atoms with Crippen LogP contribution in [0.2, 0.25) is 0 Å². The maximum absolute atomic E-state index is 12.2. The first-order valence-electron chi connectivity index (χ1n) is 6.70. The molecule has 4 nitrogen and oxygen atoms in total. The number of rotatable bonds is 5. The predicted molar refractivity (Wildman–Crippen MR) is 81.9 cm³/mol. The summed E-state index contributed by atoms with van der Waals surface area (Å²) in [7, 11) is 3.20. The lowest BCUT2D eigenvalue weighted by Gasteiger charge is -2.11. The number of benzene rings is 2. The topological polar surface area (TPSA) is 47.6 Å². The Morgan fingerprint density at radius 3 is 2.62 bits per heavy atom. The van der Waals surface area contributed by atoms with E-state index in [1.165, 1.54) is 0 Å². The van der Waals surface area contributed by atoms with Gasteiger partial charge in [-0.25, -0.2) is 0 Å². The molecule has 0 spiro atoms. The van der Waals surface area contributed by atoms with Crippen molar-refractivity contribution in [3.05, 3.63) is 59.2 Å². The van der Waals surface area contributed by atoms with Gasteiger partial charge in [0.15, 0.2) is 0 Å². The third kappa shape index (κ3) is 3.75. The van der Waals surface area contributed by atoms with Gasteiger partial charge in [0, 0.05) is 17.7 Å². The van der Waals surface area contributed by atoms with Crippen LogP contribution in [-0.2, 0) is 6.54 Å². The highest BCUT2D eigenvalue weighted by atomic mass is 16.5. The fraction of sp³-hybridized carbons (Fsp3) is 0.235. The Morgan fingerprint density at radius 1 is 1.10 bits per heavy atom. The van der Waals surface area contributed by atoms with Gasteiger partial charge in [0.1, 0.15) is 11.5 Å². The van der Waals surface area contributed by atoms with E-state index in [-0.39, 0.29) is 5.91 Å². The van der Waals surface area contributed by atoms with Gasteiger partial charge >= 0.3 is 0 Å². The van der Waals surface area contributed by atoms with Gasteiger partial charge in [0.25, 0.3) is 5.91 Å². The Hall–Kier alpha value is -2.49. The van der Waals surface area contributed by atoms with Crippen LogP contribution in [0, 0.1) is 6.92 Å². The van der Waals surface area contributed by atoms with Crippen molar-refractivity contribution in [2.24, 2.45) is 0 Å². The number of methoxy groups -OCH3 is 2. The van der Waals surface area contributed by atoms with E-state index in [4.69, 9.17) is 9.47 Å². The summed E-state index contributed by atoms with van der Waals surface area (Å²) >= 11 is 0. The lowest BCUT2D eigenvalue weighted by Crippen LogP contribution is -2.23. The van der Waals surface area contributed by atoms with E-state index in [9.17, 15) is 4.79 Å². The van der Waals surface area contributed by atoms with Crippen molar-refractivity contribution < 1.29 is 14.3 Å². The summed E-state index contributed by atoms with van der Waals surface area (Å²) in [5, 5.41) is 2.89. The zero-order chi connectivity index (χ0) is 15.2. The SMILES string of the molecule is COc1cccc(C(=O)NCc2cc(C)ccc2OC)c1. The number of hydrogen-bond donors (Lipinski definition) is 1. The highest BCUT2D eigenvalue weighted by molar-refractivity contribution is 5.94. The minimum atomic E-state index is -0.141. The van der Waals surface area contributed by atoms with Gasteiger partial charge < -0.3 is 14.8 Å². The first kappa shape index (κ1) is 14.9. The van der Waals surface area contributed by atoms with Crippen LogP contribution < -0.4 is 14.8 Å². The molecule has 0 heterocycles. The number of hydrogen-bond acceptors (Lipinski definition) is 3. The summed E-state index contributed by atoms with van der Waals surface area (Å²) in [4.78, 5) is 12.2. The Morgan fingerprint density at radius 2 is 1.90 bits per heavy atom. The quantitative estimate of drug-likeness (QED) is 0.918. The molecule has 0 aliphatic rings. The van der Waals surface area contributed by atoms with Crippen molar-refractivity contribution in [1.29, 1.82) is 0 Å². The minimum Gasteiger partial charge on any atom is -0.497 e. The normalized spacial score (nSPS) is 10.0. The predicted octanol–water partition coefficient (Wildman–Crippen LogP) is 2.94. The molecule has 0 aliphatic heterocycles. The number of carbonyl (C=O) groups is 1. The van der Waals surface area contributed by atoms with Crippen molar-refractivity contribution in [1.82, 2.24) is 5.32 Å². The second-order valence-corrected chi connectivity index (χ2v) is 4.73. The standard InChI is InChI=1S/C17H19NO3/c1-12-7-8-16(21-3)14(9-12)11-18-17(19)13-5-4-6-15(10-13)20-2/h4-10H,11H2,1-3H3,(H,18,19). The van der Waals surface area contributed by atoms with Gasteiger partial charge in [-0.1, -0.05) is 23.8 Å². The summed E-state index contributed by atoms with van der Waals surface area (Å²) in [6, 6.07) is 13.0. The number of ether oxygens (including phenoxy) is 2. The van der Waals surface area contributed by atoms with E-state index in [1.54, 1.807) is 38.5 Å². The van der Waals surface area contributed by atoms with Crippen LogP contribution in [0.5, 0.6) is 11.5 Å². The molecule has 2 aromatic rings. The van der Waals surface area contributed by atoms with E-state index in [0.29, 0.717) is 17.9 Å². The molecule has 0 saturated carbocycles. The summed E-state index contributed by atoms with van der Waals surface area (Å²) in [5.41, 5.74) is 2.65. The molecule has 110 valence electrons. The van der Waals surface area contributed by atoms with Crippen molar-refractivity contribution in [2.75, 3.05) is 14.2 Å². The summed E-state index contributed by atoms with van der Waals surface area (Å²) in [5.74, 6) is 1.29. The van der Waals surface area contributed by atoms with Crippen molar-refractivity contribution in [3.63, 3.8) is 0 Å². The molecule has 0 unspecified atom stereocenters. The lowest BCUT2D eigenvalue weighted by atomic mass is 10.1. The number of aryl methyl sites for hydroxylation is 1. The van der Waals surface area contributed by atoms with Gasteiger partial charge in [0.05, 0.1) is 14.2 Å². The molecule has 21 heavy (non-hydrogen) atoms. The average Bonchev–Trinajstić information content (AvgIpc) is 2.52. The van der Waals surface area contributed by atoms with Crippen LogP contribution in [0.1, 0.15) is 21.5 Å². The molecule has 0 radical (unpaired) electrons. The molecular formula is C17H19NO3. The smallest absolute Gasteiger partial charge is 0.251 e. The summed E-state index contributed by atoms with van der Waals surface area (Å²) < 4.78 is 10.4. The van der Waals surface area contributed by atoms with Crippen molar-refractivity contribution in [2.45, 2.75) is 13.5 Å². The second kappa shape index (κ2) is 6.79. The third-order valence-corrected chi connectivity index (χ3v) is 3.21. The molecule has 1 amide bonds. The van der Waals surface area contributed by atoms with Crippen LogP contribution in [0.4, 0.5) is 0 Å².